The van der Waals surface area contributed by atoms with Crippen molar-refractivity contribution in [2.24, 2.45) is 0 Å². The van der Waals surface area contributed by atoms with Crippen LogP contribution < -0.4 is 0 Å². The van der Waals surface area contributed by atoms with Crippen molar-refractivity contribution in [1.82, 2.24) is 4.90 Å². The van der Waals surface area contributed by atoms with Crippen LogP contribution in [0.3, 0.4) is 0 Å². The molecule has 0 fully saturated rings. The zero-order valence-corrected chi connectivity index (χ0v) is 12.5. The molecule has 104 valence electrons. The van der Waals surface area contributed by atoms with E-state index >= 15 is 0 Å². The predicted molar refractivity (Wildman–Crippen MR) is 73.2 cm³/mol. The summed E-state index contributed by atoms with van der Waals surface area (Å²) in [6.45, 7) is 10.8. The number of hydrogen-bond acceptors (Lipinski definition) is 2. The van der Waals surface area contributed by atoms with Crippen molar-refractivity contribution in [2.45, 2.75) is 59.3 Å². The molecule has 0 atom stereocenters. The van der Waals surface area contributed by atoms with Crippen LogP contribution in [0.1, 0.15) is 59.3 Å². The highest BCUT2D eigenvalue weighted by atomic mass is 31.1. The summed E-state index contributed by atoms with van der Waals surface area (Å²) in [4.78, 5) is 16.9. The molecule has 0 saturated carbocycles. The van der Waals surface area contributed by atoms with E-state index in [1.54, 1.807) is 0 Å². The molecule has 0 unspecified atom stereocenters. The highest BCUT2D eigenvalue weighted by Crippen LogP contribution is 2.01. The lowest BCUT2D eigenvalue weighted by Gasteiger charge is -2.21. The van der Waals surface area contributed by atoms with E-state index in [-0.39, 0.29) is 0 Å². The zero-order chi connectivity index (χ0) is 13.5. The highest BCUT2D eigenvalue weighted by molar-refractivity contribution is 7.30. The lowest BCUT2D eigenvalue weighted by molar-refractivity contribution is 0.261. The van der Waals surface area contributed by atoms with Crippen LogP contribution in [0.2, 0.25) is 0 Å². The van der Waals surface area contributed by atoms with Gasteiger partial charge in [-0.2, -0.15) is 0 Å². The van der Waals surface area contributed by atoms with Gasteiger partial charge in [-0.15, -0.1) is 9.79 Å². The second-order valence-corrected chi connectivity index (χ2v) is 4.66. The van der Waals surface area contributed by atoms with Gasteiger partial charge in [0.1, 0.15) is 0 Å². The molecule has 0 spiro atoms. The van der Waals surface area contributed by atoms with E-state index in [0.29, 0.717) is 0 Å². The monoisotopic (exact) mass is 266 g/mol. The Morgan fingerprint density at radius 1 is 0.824 bits per heavy atom. The number of unbranched alkanes of at least 4 members (excludes halogenated alkanes) is 3. The maximum atomic E-state index is 8.70. The van der Waals surface area contributed by atoms with Gasteiger partial charge >= 0.3 is 8.25 Å². The van der Waals surface area contributed by atoms with Crippen molar-refractivity contribution in [3.8, 4) is 0 Å². The van der Waals surface area contributed by atoms with E-state index in [0.717, 1.165) is 0 Å². The first-order valence-corrected chi connectivity index (χ1v) is 7.82. The van der Waals surface area contributed by atoms with Crippen LogP contribution >= 0.6 is 8.25 Å². The Morgan fingerprint density at radius 2 is 1.06 bits per heavy atom. The van der Waals surface area contributed by atoms with Gasteiger partial charge < -0.3 is 4.90 Å². The third-order valence-electron chi connectivity index (χ3n) is 2.48. The maximum Gasteiger partial charge on any atom is 0.692 e. The van der Waals surface area contributed by atoms with Crippen LogP contribution in [0.15, 0.2) is 0 Å². The molecule has 17 heavy (non-hydrogen) atoms. The smallest absolute Gasteiger partial charge is 0.303 e. The van der Waals surface area contributed by atoms with E-state index < -0.39 is 8.25 Å². The fourth-order valence-electron chi connectivity index (χ4n) is 1.48. The average Bonchev–Trinajstić information content (AvgIpc) is 2.27. The van der Waals surface area contributed by atoms with E-state index in [1.807, 2.05) is 0 Å². The Bertz CT molecular complexity index is 145. The van der Waals surface area contributed by atoms with E-state index in [2.05, 4.69) is 25.7 Å². The number of hydrogen-bond donors (Lipinski definition) is 2. The van der Waals surface area contributed by atoms with Crippen molar-refractivity contribution in [2.75, 3.05) is 19.6 Å². The normalized spacial score (nSPS) is 10.0. The quantitative estimate of drug-likeness (QED) is 0.628. The largest absolute Gasteiger partial charge is 0.692 e. The lowest BCUT2D eigenvalue weighted by atomic mass is 10.2. The first-order chi connectivity index (χ1) is 8.08. The van der Waals surface area contributed by atoms with Crippen LogP contribution in [-0.2, 0) is 4.57 Å². The van der Waals surface area contributed by atoms with Crippen molar-refractivity contribution in [3.05, 3.63) is 0 Å². The maximum absolute atomic E-state index is 8.70. The first-order valence-electron chi connectivity index (χ1n) is 6.65. The Labute approximate surface area is 107 Å². The van der Waals surface area contributed by atoms with Crippen molar-refractivity contribution >= 4 is 8.25 Å². The molecule has 0 aliphatic carbocycles. The summed E-state index contributed by atoms with van der Waals surface area (Å²) in [7, 11) is -2.87. The molecule has 0 amide bonds. The summed E-state index contributed by atoms with van der Waals surface area (Å²) in [5.74, 6) is 0. The molecular weight excluding hydrogens is 237 g/mol. The molecule has 0 rings (SSSR count). The minimum atomic E-state index is -2.87. The molecule has 0 bridgehead atoms. The minimum absolute atomic E-state index is 1.32. The van der Waals surface area contributed by atoms with Gasteiger partial charge in [-0.3, -0.25) is 0 Å². The lowest BCUT2D eigenvalue weighted by Crippen LogP contribution is -2.27. The van der Waals surface area contributed by atoms with Crippen LogP contribution in [0.4, 0.5) is 0 Å². The highest BCUT2D eigenvalue weighted by Gasteiger charge is 2.01. The summed E-state index contributed by atoms with van der Waals surface area (Å²) >= 11 is 0. The van der Waals surface area contributed by atoms with Crippen molar-refractivity contribution in [3.63, 3.8) is 0 Å². The van der Waals surface area contributed by atoms with E-state index in [9.17, 15) is 0 Å². The van der Waals surface area contributed by atoms with Gasteiger partial charge in [0.25, 0.3) is 0 Å². The van der Waals surface area contributed by atoms with Crippen molar-refractivity contribution < 1.29 is 14.4 Å². The Balaban J connectivity index is 0. The van der Waals surface area contributed by atoms with Gasteiger partial charge in [-0.25, -0.2) is 0 Å². The second-order valence-electron chi connectivity index (χ2n) is 4.16. The SMILES string of the molecule is CCCCN(CCCC)CCCC.O=[P+](O)O. The zero-order valence-electron chi connectivity index (χ0n) is 11.6. The van der Waals surface area contributed by atoms with E-state index in [1.165, 1.54) is 58.2 Å². The molecule has 0 aromatic heterocycles. The topological polar surface area (TPSA) is 60.8 Å². The Hall–Kier alpha value is -0.0200. The van der Waals surface area contributed by atoms with Crippen LogP contribution in [0.5, 0.6) is 0 Å². The van der Waals surface area contributed by atoms with Gasteiger partial charge in [-0.1, -0.05) is 40.0 Å². The molecule has 4 nitrogen and oxygen atoms in total. The van der Waals surface area contributed by atoms with Gasteiger partial charge in [0.15, 0.2) is 0 Å². The summed E-state index contributed by atoms with van der Waals surface area (Å²) in [6.07, 6.45) is 8.09. The Kier molecular flexibility index (Phi) is 18.2. The standard InChI is InChI=1S/C12H27N.HO3P/c1-4-7-10-13(11-8-5-2)12-9-6-3;1-4(2)3/h4-12H2,1-3H3;(H-,1,2,3)/p+1. The Morgan fingerprint density at radius 3 is 1.24 bits per heavy atom. The fourth-order valence-corrected chi connectivity index (χ4v) is 1.48. The molecule has 0 aromatic rings. The first kappa shape index (κ1) is 19.3. The molecule has 0 aliphatic heterocycles. The molecule has 0 aromatic carbocycles. The summed E-state index contributed by atoms with van der Waals surface area (Å²) in [5.41, 5.74) is 0. The molecular formula is C12H29NO3P+. The molecule has 0 aliphatic rings. The number of nitrogens with zero attached hydrogens (tertiary/aromatic N) is 1. The third-order valence-corrected chi connectivity index (χ3v) is 2.48. The van der Waals surface area contributed by atoms with Gasteiger partial charge in [-0.05, 0) is 38.9 Å². The second kappa shape index (κ2) is 16.0. The molecule has 0 radical (unpaired) electrons. The van der Waals surface area contributed by atoms with Crippen LogP contribution in [0.25, 0.3) is 0 Å². The average molecular weight is 266 g/mol. The third kappa shape index (κ3) is 21.8. The predicted octanol–water partition coefficient (Wildman–Crippen LogP) is 3.32. The van der Waals surface area contributed by atoms with Crippen LogP contribution in [0, 0.1) is 0 Å². The molecule has 0 heterocycles. The summed E-state index contributed by atoms with van der Waals surface area (Å²) < 4.78 is 8.70. The van der Waals surface area contributed by atoms with Crippen molar-refractivity contribution in [1.29, 1.82) is 0 Å². The summed E-state index contributed by atoms with van der Waals surface area (Å²) in [5, 5.41) is 0. The van der Waals surface area contributed by atoms with E-state index in [4.69, 9.17) is 14.4 Å². The molecule has 5 heteroatoms. The number of rotatable bonds is 9. The van der Waals surface area contributed by atoms with Gasteiger partial charge in [0, 0.05) is 4.57 Å². The van der Waals surface area contributed by atoms with Gasteiger partial charge in [0.05, 0.1) is 0 Å². The molecule has 2 N–H and O–H groups in total. The van der Waals surface area contributed by atoms with Gasteiger partial charge in [0.2, 0.25) is 0 Å². The van der Waals surface area contributed by atoms with Crippen LogP contribution in [-0.4, -0.2) is 34.3 Å². The minimum Gasteiger partial charge on any atom is -0.303 e. The summed E-state index contributed by atoms with van der Waals surface area (Å²) in [6, 6.07) is 0. The fraction of sp³-hybridized carbons (Fsp3) is 1.00. The molecule has 0 saturated heterocycles.